The van der Waals surface area contributed by atoms with Gasteiger partial charge in [-0.25, -0.2) is 4.98 Å². The molecule has 0 amide bonds. The van der Waals surface area contributed by atoms with E-state index in [-0.39, 0.29) is 36.0 Å². The first-order valence-corrected chi connectivity index (χ1v) is 12.3. The van der Waals surface area contributed by atoms with Crippen molar-refractivity contribution in [2.24, 2.45) is 5.73 Å². The molecule has 0 aliphatic carbocycles. The highest BCUT2D eigenvalue weighted by Gasteiger charge is 2.56. The maximum Gasteiger partial charge on any atom is 0.422 e. The summed E-state index contributed by atoms with van der Waals surface area (Å²) < 4.78 is 53.9. The number of nitrogens with two attached hydrogens (primary N) is 1. The van der Waals surface area contributed by atoms with Crippen molar-refractivity contribution in [3.63, 3.8) is 0 Å². The number of halogens is 3. The fraction of sp³-hybridized carbons (Fsp3) is 0.379. The van der Waals surface area contributed by atoms with Gasteiger partial charge in [0, 0.05) is 23.1 Å². The molecule has 3 aromatic rings. The minimum absolute atomic E-state index is 0.00147. The fourth-order valence-electron chi connectivity index (χ4n) is 3.96. The SMILES string of the molecule is COc1cc(C(=O)CC[C@](O)(c2cc(C(C)(C)N)cc(-c3ccc(C)cc3)n2)C(F)(F)F)ccc1OCCO. The zero-order chi connectivity index (χ0) is 29.0. The van der Waals surface area contributed by atoms with E-state index in [1.165, 1.54) is 25.3 Å². The number of aliphatic hydroxyl groups is 2. The molecule has 0 aliphatic rings. The number of ether oxygens (including phenoxy) is 2. The van der Waals surface area contributed by atoms with Gasteiger partial charge in [0.25, 0.3) is 0 Å². The number of methoxy groups -OCH3 is 1. The molecule has 0 unspecified atom stereocenters. The van der Waals surface area contributed by atoms with Crippen molar-refractivity contribution in [1.82, 2.24) is 4.98 Å². The molecular formula is C29H33F3N2O5. The smallest absolute Gasteiger partial charge is 0.422 e. The van der Waals surface area contributed by atoms with Gasteiger partial charge >= 0.3 is 6.18 Å². The van der Waals surface area contributed by atoms with E-state index < -0.39 is 41.6 Å². The molecule has 1 heterocycles. The molecule has 0 aliphatic heterocycles. The van der Waals surface area contributed by atoms with Crippen molar-refractivity contribution in [1.29, 1.82) is 0 Å². The number of nitrogens with zero attached hydrogens (tertiary/aromatic N) is 1. The first kappa shape index (κ1) is 30.1. The van der Waals surface area contributed by atoms with Gasteiger partial charge < -0.3 is 25.4 Å². The average molecular weight is 547 g/mol. The van der Waals surface area contributed by atoms with Gasteiger partial charge in [-0.1, -0.05) is 29.8 Å². The maximum absolute atomic E-state index is 14.5. The minimum Gasteiger partial charge on any atom is -0.493 e. The molecule has 2 aromatic carbocycles. The summed E-state index contributed by atoms with van der Waals surface area (Å²) in [7, 11) is 1.35. The second-order valence-electron chi connectivity index (χ2n) is 9.93. The Morgan fingerprint density at radius 3 is 2.26 bits per heavy atom. The van der Waals surface area contributed by atoms with E-state index in [1.54, 1.807) is 44.2 Å². The molecule has 7 nitrogen and oxygen atoms in total. The first-order chi connectivity index (χ1) is 18.2. The van der Waals surface area contributed by atoms with Crippen molar-refractivity contribution >= 4 is 5.78 Å². The largest absolute Gasteiger partial charge is 0.493 e. The van der Waals surface area contributed by atoms with Crippen LogP contribution in [0.15, 0.2) is 54.6 Å². The number of Topliss-reactive ketones (excluding diaryl/α,β-unsaturated/α-hetero) is 1. The standard InChI is InChI=1S/C29H33F3N2O5/c1-18-5-7-19(8-6-18)22-16-21(27(2,3)33)17-26(34-22)28(37,29(30,31)32)12-11-23(36)20-9-10-24(39-14-13-35)25(15-20)38-4/h5-10,15-17,35,37H,11-14,33H2,1-4H3/t28-/m0/s1. The zero-order valence-electron chi connectivity index (χ0n) is 22.3. The van der Waals surface area contributed by atoms with Crippen molar-refractivity contribution in [2.75, 3.05) is 20.3 Å². The third kappa shape index (κ3) is 6.95. The Hall–Kier alpha value is -3.47. The lowest BCUT2D eigenvalue weighted by molar-refractivity contribution is -0.270. The van der Waals surface area contributed by atoms with Crippen LogP contribution in [0.5, 0.6) is 11.5 Å². The number of carbonyl (C=O) groups excluding carboxylic acids is 1. The van der Waals surface area contributed by atoms with Gasteiger partial charge in [-0.05, 0) is 63.1 Å². The quantitative estimate of drug-likeness (QED) is 0.289. The number of aliphatic hydroxyl groups excluding tert-OH is 1. The predicted molar refractivity (Wildman–Crippen MR) is 141 cm³/mol. The number of hydrogen-bond acceptors (Lipinski definition) is 7. The fourth-order valence-corrected chi connectivity index (χ4v) is 3.96. The van der Waals surface area contributed by atoms with E-state index in [4.69, 9.17) is 20.3 Å². The molecule has 1 aromatic heterocycles. The van der Waals surface area contributed by atoms with Crippen LogP contribution >= 0.6 is 0 Å². The van der Waals surface area contributed by atoms with Crippen molar-refractivity contribution < 1.29 is 37.7 Å². The molecule has 0 bridgehead atoms. The van der Waals surface area contributed by atoms with Crippen molar-refractivity contribution in [2.45, 2.75) is 50.9 Å². The summed E-state index contributed by atoms with van der Waals surface area (Å²) in [6.45, 7) is 4.93. The van der Waals surface area contributed by atoms with E-state index in [0.717, 1.165) is 11.6 Å². The van der Waals surface area contributed by atoms with Gasteiger partial charge in [0.15, 0.2) is 17.3 Å². The van der Waals surface area contributed by atoms with Gasteiger partial charge in [-0.15, -0.1) is 0 Å². The number of pyridine rings is 1. The highest BCUT2D eigenvalue weighted by molar-refractivity contribution is 5.96. The topological polar surface area (TPSA) is 115 Å². The van der Waals surface area contributed by atoms with Crippen LogP contribution in [0.4, 0.5) is 13.2 Å². The molecule has 0 saturated carbocycles. The van der Waals surface area contributed by atoms with Crippen LogP contribution in [0, 0.1) is 6.92 Å². The molecular weight excluding hydrogens is 513 g/mol. The maximum atomic E-state index is 14.5. The Labute approximate surface area is 225 Å². The molecule has 0 radical (unpaired) electrons. The van der Waals surface area contributed by atoms with Crippen LogP contribution in [0.25, 0.3) is 11.3 Å². The van der Waals surface area contributed by atoms with E-state index in [9.17, 15) is 23.1 Å². The van der Waals surface area contributed by atoms with Crippen LogP contribution in [-0.4, -0.2) is 47.5 Å². The molecule has 10 heteroatoms. The highest BCUT2D eigenvalue weighted by Crippen LogP contribution is 2.43. The predicted octanol–water partition coefficient (Wildman–Crippen LogP) is 5.04. The summed E-state index contributed by atoms with van der Waals surface area (Å²) in [5, 5.41) is 20.1. The number of aryl methyl sites for hydroxylation is 1. The van der Waals surface area contributed by atoms with Gasteiger partial charge in [-0.2, -0.15) is 13.2 Å². The molecule has 0 fully saturated rings. The molecule has 3 rings (SSSR count). The monoisotopic (exact) mass is 546 g/mol. The zero-order valence-corrected chi connectivity index (χ0v) is 22.3. The summed E-state index contributed by atoms with van der Waals surface area (Å²) in [6.07, 6.45) is -6.73. The number of alkyl halides is 3. The lowest BCUT2D eigenvalue weighted by Gasteiger charge is -2.32. The summed E-state index contributed by atoms with van der Waals surface area (Å²) in [4.78, 5) is 17.1. The molecule has 1 atom stereocenters. The third-order valence-electron chi connectivity index (χ3n) is 6.36. The summed E-state index contributed by atoms with van der Waals surface area (Å²) >= 11 is 0. The molecule has 210 valence electrons. The minimum atomic E-state index is -5.14. The van der Waals surface area contributed by atoms with E-state index in [0.29, 0.717) is 11.1 Å². The summed E-state index contributed by atoms with van der Waals surface area (Å²) in [6, 6.07) is 14.0. The highest BCUT2D eigenvalue weighted by atomic mass is 19.4. The van der Waals surface area contributed by atoms with Gasteiger partial charge in [0.2, 0.25) is 5.60 Å². The van der Waals surface area contributed by atoms with Crippen LogP contribution in [0.3, 0.4) is 0 Å². The second-order valence-corrected chi connectivity index (χ2v) is 9.93. The molecule has 4 N–H and O–H groups in total. The van der Waals surface area contributed by atoms with Crippen LogP contribution in [0.1, 0.15) is 53.9 Å². The van der Waals surface area contributed by atoms with Crippen molar-refractivity contribution in [3.8, 4) is 22.8 Å². The van der Waals surface area contributed by atoms with E-state index >= 15 is 0 Å². The Bertz CT molecular complexity index is 1300. The normalized spacial score (nSPS) is 13.6. The van der Waals surface area contributed by atoms with Gasteiger partial charge in [0.05, 0.1) is 25.1 Å². The van der Waals surface area contributed by atoms with E-state index in [2.05, 4.69) is 4.98 Å². The Kier molecular flexibility index (Phi) is 9.05. The molecule has 0 saturated heterocycles. The third-order valence-corrected chi connectivity index (χ3v) is 6.36. The Morgan fingerprint density at radius 2 is 1.69 bits per heavy atom. The van der Waals surface area contributed by atoms with Crippen molar-refractivity contribution in [3.05, 3.63) is 77.0 Å². The summed E-state index contributed by atoms with van der Waals surface area (Å²) in [5.41, 5.74) is 3.32. The lowest BCUT2D eigenvalue weighted by Crippen LogP contribution is -2.44. The first-order valence-electron chi connectivity index (χ1n) is 12.3. The Balaban J connectivity index is 2.00. The van der Waals surface area contributed by atoms with E-state index in [1.807, 2.05) is 6.92 Å². The lowest BCUT2D eigenvalue weighted by atomic mass is 9.86. The molecule has 39 heavy (non-hydrogen) atoms. The number of hydrogen-bond donors (Lipinski definition) is 3. The number of benzene rings is 2. The van der Waals surface area contributed by atoms with Crippen LogP contribution in [0.2, 0.25) is 0 Å². The Morgan fingerprint density at radius 1 is 1.03 bits per heavy atom. The second kappa shape index (κ2) is 11.7. The number of rotatable bonds is 11. The average Bonchev–Trinajstić information content (AvgIpc) is 2.89. The number of ketones is 1. The van der Waals surface area contributed by atoms with Crippen LogP contribution in [-0.2, 0) is 11.1 Å². The summed E-state index contributed by atoms with van der Waals surface area (Å²) in [5.74, 6) is -0.189. The van der Waals surface area contributed by atoms with Gasteiger partial charge in [-0.3, -0.25) is 4.79 Å². The van der Waals surface area contributed by atoms with Gasteiger partial charge in [0.1, 0.15) is 6.61 Å². The number of carbonyl (C=O) groups is 1. The number of aromatic nitrogens is 1. The van der Waals surface area contributed by atoms with Crippen LogP contribution < -0.4 is 15.2 Å². The molecule has 0 spiro atoms.